The Balaban J connectivity index is 1.95. The Morgan fingerprint density at radius 3 is 2.62 bits per heavy atom. The second kappa shape index (κ2) is 6.72. The summed E-state index contributed by atoms with van der Waals surface area (Å²) < 4.78 is 0. The van der Waals surface area contributed by atoms with Crippen LogP contribution < -0.4 is 16.0 Å². The fourth-order valence-electron chi connectivity index (χ4n) is 2.55. The Labute approximate surface area is 143 Å². The van der Waals surface area contributed by atoms with E-state index in [0.717, 1.165) is 5.56 Å². The Hall–Kier alpha value is -2.86. The minimum atomic E-state index is -0.566. The average molecular weight is 343 g/mol. The molecule has 0 aliphatic carbocycles. The lowest BCUT2D eigenvalue weighted by Gasteiger charge is -2.28. The summed E-state index contributed by atoms with van der Waals surface area (Å²) in [7, 11) is 0. The number of aromatic nitrogens is 1. The fourth-order valence-corrected chi connectivity index (χ4v) is 2.74. The number of para-hydroxylation sites is 1. The summed E-state index contributed by atoms with van der Waals surface area (Å²) in [5.41, 5.74) is 2.18. The molecule has 1 aliphatic rings. The van der Waals surface area contributed by atoms with Crippen LogP contribution in [0.5, 0.6) is 0 Å². The van der Waals surface area contributed by atoms with Gasteiger partial charge in [-0.15, -0.1) is 0 Å². The van der Waals surface area contributed by atoms with E-state index in [4.69, 9.17) is 11.6 Å². The number of amides is 3. The zero-order valence-electron chi connectivity index (χ0n) is 12.8. The smallest absolute Gasteiger partial charge is 0.319 e. The highest BCUT2D eigenvalue weighted by atomic mass is 35.5. The summed E-state index contributed by atoms with van der Waals surface area (Å²) in [4.78, 5) is 28.6. The number of pyridine rings is 1. The van der Waals surface area contributed by atoms with Gasteiger partial charge in [0.05, 0.1) is 22.3 Å². The Morgan fingerprint density at radius 1 is 1.21 bits per heavy atom. The number of hydrogen-bond acceptors (Lipinski definition) is 3. The van der Waals surface area contributed by atoms with Gasteiger partial charge in [-0.1, -0.05) is 23.7 Å². The van der Waals surface area contributed by atoms with Gasteiger partial charge in [-0.2, -0.15) is 0 Å². The number of nitrogens with zero attached hydrogens (tertiary/aromatic N) is 1. The zero-order chi connectivity index (χ0) is 17.1. The van der Waals surface area contributed by atoms with Crippen molar-refractivity contribution in [3.8, 4) is 0 Å². The Morgan fingerprint density at radius 2 is 1.92 bits per heavy atom. The first kappa shape index (κ1) is 16.0. The van der Waals surface area contributed by atoms with Crippen LogP contribution in [0.4, 0.5) is 10.5 Å². The third-order valence-electron chi connectivity index (χ3n) is 3.68. The third kappa shape index (κ3) is 3.23. The van der Waals surface area contributed by atoms with Crippen LogP contribution in [-0.2, 0) is 4.79 Å². The average Bonchev–Trinajstić information content (AvgIpc) is 2.57. The van der Waals surface area contributed by atoms with Crippen LogP contribution in [-0.4, -0.2) is 16.9 Å². The second-order valence-corrected chi connectivity index (χ2v) is 5.69. The standard InChI is InChI=1S/C17H15ClN4O2/c1-10-14(16(23)21-13-5-3-2-4-12(13)18)15(22-17(24)20-10)11-6-8-19-9-7-11/h2-9,15H,1H3,(H,21,23)(H2,20,22,24)/t15-/m0/s1. The van der Waals surface area contributed by atoms with Gasteiger partial charge < -0.3 is 16.0 Å². The molecule has 2 heterocycles. The molecule has 6 nitrogen and oxygen atoms in total. The van der Waals surface area contributed by atoms with Crippen molar-refractivity contribution in [1.29, 1.82) is 0 Å². The fraction of sp³-hybridized carbons (Fsp3) is 0.118. The van der Waals surface area contributed by atoms with E-state index < -0.39 is 6.04 Å². The van der Waals surface area contributed by atoms with Crippen molar-refractivity contribution < 1.29 is 9.59 Å². The van der Waals surface area contributed by atoms with Crippen molar-refractivity contribution in [2.24, 2.45) is 0 Å². The first-order valence-electron chi connectivity index (χ1n) is 7.30. The first-order chi connectivity index (χ1) is 11.6. The maximum absolute atomic E-state index is 12.8. The molecule has 2 aromatic rings. The van der Waals surface area contributed by atoms with Crippen LogP contribution in [0.2, 0.25) is 5.02 Å². The van der Waals surface area contributed by atoms with Gasteiger partial charge >= 0.3 is 6.03 Å². The number of halogens is 1. The van der Waals surface area contributed by atoms with Crippen LogP contribution in [0.1, 0.15) is 18.5 Å². The number of benzene rings is 1. The summed E-state index contributed by atoms with van der Waals surface area (Å²) in [5, 5.41) is 8.63. The Kier molecular flexibility index (Phi) is 4.48. The lowest BCUT2D eigenvalue weighted by molar-refractivity contribution is -0.113. The van der Waals surface area contributed by atoms with Crippen molar-refractivity contribution in [3.05, 3.63) is 70.6 Å². The molecule has 0 spiro atoms. The SMILES string of the molecule is CC1=C(C(=O)Nc2ccccc2Cl)[C@H](c2ccncc2)NC(=O)N1. The molecule has 1 aromatic carbocycles. The van der Waals surface area contributed by atoms with Gasteiger partial charge in [0.15, 0.2) is 0 Å². The number of anilines is 1. The number of carbonyl (C=O) groups excluding carboxylic acids is 2. The molecule has 1 atom stereocenters. The summed E-state index contributed by atoms with van der Waals surface area (Å²) >= 11 is 6.10. The van der Waals surface area contributed by atoms with Gasteiger partial charge in [-0.25, -0.2) is 4.79 Å². The van der Waals surface area contributed by atoms with Crippen molar-refractivity contribution in [2.45, 2.75) is 13.0 Å². The summed E-state index contributed by atoms with van der Waals surface area (Å²) in [5.74, 6) is -0.338. The first-order valence-corrected chi connectivity index (χ1v) is 7.68. The van der Waals surface area contributed by atoms with Gasteiger partial charge in [0.2, 0.25) is 0 Å². The molecule has 0 unspecified atom stereocenters. The van der Waals surface area contributed by atoms with Crippen molar-refractivity contribution in [3.63, 3.8) is 0 Å². The number of rotatable bonds is 3. The van der Waals surface area contributed by atoms with Gasteiger partial charge in [0.25, 0.3) is 5.91 Å². The molecular weight excluding hydrogens is 328 g/mol. The molecule has 3 rings (SSSR count). The molecule has 3 amide bonds. The summed E-state index contributed by atoms with van der Waals surface area (Å²) in [6, 6.07) is 9.56. The normalized spacial score (nSPS) is 17.1. The van der Waals surface area contributed by atoms with E-state index in [2.05, 4.69) is 20.9 Å². The second-order valence-electron chi connectivity index (χ2n) is 5.28. The number of nitrogens with one attached hydrogen (secondary N) is 3. The van der Waals surface area contributed by atoms with E-state index in [9.17, 15) is 9.59 Å². The quantitative estimate of drug-likeness (QED) is 0.801. The monoisotopic (exact) mass is 342 g/mol. The maximum atomic E-state index is 12.8. The molecular formula is C17H15ClN4O2. The molecule has 1 aromatic heterocycles. The third-order valence-corrected chi connectivity index (χ3v) is 4.00. The van der Waals surface area contributed by atoms with E-state index in [1.54, 1.807) is 55.7 Å². The number of carbonyl (C=O) groups is 2. The van der Waals surface area contributed by atoms with Gasteiger partial charge in [0, 0.05) is 18.1 Å². The molecule has 0 saturated heterocycles. The molecule has 122 valence electrons. The highest BCUT2D eigenvalue weighted by Crippen LogP contribution is 2.28. The van der Waals surface area contributed by atoms with Crippen molar-refractivity contribution in [2.75, 3.05) is 5.32 Å². The summed E-state index contributed by atoms with van der Waals surface area (Å²) in [6.45, 7) is 1.69. The number of allylic oxidation sites excluding steroid dienone is 1. The lowest BCUT2D eigenvalue weighted by Crippen LogP contribution is -2.46. The molecule has 0 saturated carbocycles. The van der Waals surface area contributed by atoms with Gasteiger partial charge in [-0.3, -0.25) is 9.78 Å². The molecule has 1 aliphatic heterocycles. The number of urea groups is 1. The van der Waals surface area contributed by atoms with Crippen molar-refractivity contribution in [1.82, 2.24) is 15.6 Å². The largest absolute Gasteiger partial charge is 0.327 e. The Bertz CT molecular complexity index is 820. The van der Waals surface area contributed by atoms with E-state index in [1.165, 1.54) is 0 Å². The molecule has 3 N–H and O–H groups in total. The van der Waals surface area contributed by atoms with Crippen LogP contribution in [0.3, 0.4) is 0 Å². The molecule has 0 fully saturated rings. The van der Waals surface area contributed by atoms with Crippen LogP contribution in [0.25, 0.3) is 0 Å². The van der Waals surface area contributed by atoms with E-state index in [1.807, 2.05) is 0 Å². The van der Waals surface area contributed by atoms with E-state index >= 15 is 0 Å². The highest BCUT2D eigenvalue weighted by molar-refractivity contribution is 6.33. The molecule has 24 heavy (non-hydrogen) atoms. The van der Waals surface area contributed by atoms with Crippen LogP contribution >= 0.6 is 11.6 Å². The van der Waals surface area contributed by atoms with Crippen LogP contribution in [0, 0.1) is 0 Å². The molecule has 7 heteroatoms. The molecule has 0 bridgehead atoms. The van der Waals surface area contributed by atoms with Gasteiger partial charge in [0.1, 0.15) is 0 Å². The minimum absolute atomic E-state index is 0.338. The topological polar surface area (TPSA) is 83.1 Å². The van der Waals surface area contributed by atoms with Crippen molar-refractivity contribution >= 4 is 29.2 Å². The number of hydrogen-bond donors (Lipinski definition) is 3. The highest BCUT2D eigenvalue weighted by Gasteiger charge is 2.31. The zero-order valence-corrected chi connectivity index (χ0v) is 13.6. The van der Waals surface area contributed by atoms with Gasteiger partial charge in [-0.05, 0) is 36.8 Å². The lowest BCUT2D eigenvalue weighted by atomic mass is 9.95. The van der Waals surface area contributed by atoms with E-state index in [-0.39, 0.29) is 11.9 Å². The summed E-state index contributed by atoms with van der Waals surface area (Å²) in [6.07, 6.45) is 3.23. The van der Waals surface area contributed by atoms with Crippen LogP contribution in [0.15, 0.2) is 60.1 Å². The molecule has 0 radical (unpaired) electrons. The predicted octanol–water partition coefficient (Wildman–Crippen LogP) is 3.00. The predicted molar refractivity (Wildman–Crippen MR) is 91.4 cm³/mol. The maximum Gasteiger partial charge on any atom is 0.319 e. The van der Waals surface area contributed by atoms with E-state index in [0.29, 0.717) is 22.0 Å². The minimum Gasteiger partial charge on any atom is -0.327 e.